The van der Waals surface area contributed by atoms with Gasteiger partial charge >= 0.3 is 0 Å². The van der Waals surface area contributed by atoms with E-state index >= 15 is 0 Å². The molecule has 7 heteroatoms. The number of benzene rings is 4. The average Bonchev–Trinajstić information content (AvgIpc) is 3.07. The summed E-state index contributed by atoms with van der Waals surface area (Å²) in [4.78, 5) is 0. The standard InChI is InChI=1S/C43H60O4Si3/c1-11-41(48(8,9)10)38(44)32-40(47-50(43(5,6)7,36-28-20-14-21-29-36)37-30-22-15-23-31-37)39(45)33-46-49(42(2,3)4,34-24-16-12-17-25-34)35-26-18-13-19-27-35/h11-31,38-40,44-45H,32-33H2,1-10H3/b41-11-/t38-,39+,40-/m0/s1. The SMILES string of the molecule is C/C=C(/[C@@H](O)C[C@H](O[Si](c1ccccc1)(c1ccccc1)C(C)(C)C)[C@H](O)CO[Si](c1ccccc1)(c1ccccc1)C(C)(C)C)[Si](C)(C)C. The molecule has 0 unspecified atom stereocenters. The van der Waals surface area contributed by atoms with Crippen LogP contribution in [0.25, 0.3) is 0 Å². The third kappa shape index (κ3) is 8.42. The fourth-order valence-electron chi connectivity index (χ4n) is 7.75. The molecule has 4 aromatic rings. The van der Waals surface area contributed by atoms with Crippen molar-refractivity contribution in [2.24, 2.45) is 0 Å². The average molecular weight is 725 g/mol. The molecule has 0 amide bonds. The summed E-state index contributed by atoms with van der Waals surface area (Å²) in [5.41, 5.74) is 0. The van der Waals surface area contributed by atoms with Crippen LogP contribution in [0.3, 0.4) is 0 Å². The van der Waals surface area contributed by atoms with Crippen LogP contribution in [0.15, 0.2) is 133 Å². The van der Waals surface area contributed by atoms with Crippen LogP contribution < -0.4 is 20.7 Å². The first kappa shape index (κ1) is 39.9. The summed E-state index contributed by atoms with van der Waals surface area (Å²) in [6.45, 7) is 22.3. The van der Waals surface area contributed by atoms with Crippen molar-refractivity contribution in [2.45, 2.75) is 103 Å². The molecule has 2 N–H and O–H groups in total. The van der Waals surface area contributed by atoms with Crippen molar-refractivity contribution in [3.63, 3.8) is 0 Å². The second-order valence-electron chi connectivity index (χ2n) is 16.6. The maximum absolute atomic E-state index is 12.5. The highest BCUT2D eigenvalue weighted by Gasteiger charge is 2.54. The lowest BCUT2D eigenvalue weighted by atomic mass is 10.1. The number of aliphatic hydroxyl groups excluding tert-OH is 2. The summed E-state index contributed by atoms with van der Waals surface area (Å²) < 4.78 is 14.9. The van der Waals surface area contributed by atoms with E-state index in [4.69, 9.17) is 8.85 Å². The first-order valence-corrected chi connectivity index (χ1v) is 25.4. The number of hydrogen-bond donors (Lipinski definition) is 2. The molecule has 268 valence electrons. The van der Waals surface area contributed by atoms with Gasteiger partial charge in [-0.1, -0.05) is 194 Å². The Morgan fingerprint density at radius 3 is 1.24 bits per heavy atom. The molecule has 3 atom stereocenters. The third-order valence-corrected chi connectivity index (χ3v) is 22.5. The van der Waals surface area contributed by atoms with E-state index in [1.807, 2.05) is 31.2 Å². The molecule has 0 radical (unpaired) electrons. The van der Waals surface area contributed by atoms with E-state index in [1.54, 1.807) is 0 Å². The molecule has 0 saturated heterocycles. The van der Waals surface area contributed by atoms with E-state index in [1.165, 1.54) is 0 Å². The minimum absolute atomic E-state index is 0.0704. The van der Waals surface area contributed by atoms with Gasteiger partial charge in [0.25, 0.3) is 16.6 Å². The third-order valence-electron chi connectivity index (χ3n) is 10.1. The van der Waals surface area contributed by atoms with E-state index < -0.39 is 43.0 Å². The molecule has 0 spiro atoms. The minimum Gasteiger partial charge on any atom is -0.405 e. The van der Waals surface area contributed by atoms with Crippen LogP contribution in [0.5, 0.6) is 0 Å². The zero-order chi connectivity index (χ0) is 36.8. The second kappa shape index (κ2) is 16.2. The fourth-order valence-corrected chi connectivity index (χ4v) is 19.0. The molecule has 4 aromatic carbocycles. The van der Waals surface area contributed by atoms with Crippen LogP contribution in [0, 0.1) is 0 Å². The molecule has 4 nitrogen and oxygen atoms in total. The molecule has 0 aliphatic carbocycles. The maximum Gasteiger partial charge on any atom is 0.261 e. The van der Waals surface area contributed by atoms with Crippen molar-refractivity contribution in [2.75, 3.05) is 6.61 Å². The van der Waals surface area contributed by atoms with Crippen molar-refractivity contribution >= 4 is 45.5 Å². The predicted molar refractivity (Wildman–Crippen MR) is 220 cm³/mol. The van der Waals surface area contributed by atoms with Crippen molar-refractivity contribution in [1.29, 1.82) is 0 Å². The van der Waals surface area contributed by atoms with Crippen molar-refractivity contribution < 1.29 is 19.1 Å². The number of allylic oxidation sites excluding steroid dienone is 1. The van der Waals surface area contributed by atoms with E-state index in [0.717, 1.165) is 25.9 Å². The predicted octanol–water partition coefficient (Wildman–Crippen LogP) is 7.44. The Morgan fingerprint density at radius 1 is 0.600 bits per heavy atom. The van der Waals surface area contributed by atoms with Gasteiger partial charge in [-0.05, 0) is 37.7 Å². The van der Waals surface area contributed by atoms with E-state index in [0.29, 0.717) is 0 Å². The van der Waals surface area contributed by atoms with Crippen LogP contribution in [-0.2, 0) is 8.85 Å². The monoisotopic (exact) mass is 724 g/mol. The number of rotatable bonds is 14. The Kier molecular flexibility index (Phi) is 12.9. The van der Waals surface area contributed by atoms with Gasteiger partial charge in [-0.3, -0.25) is 0 Å². The van der Waals surface area contributed by atoms with Crippen molar-refractivity contribution in [3.05, 3.63) is 133 Å². The van der Waals surface area contributed by atoms with Crippen molar-refractivity contribution in [3.8, 4) is 0 Å². The maximum atomic E-state index is 12.5. The van der Waals surface area contributed by atoms with Crippen LogP contribution in [0.2, 0.25) is 29.7 Å². The lowest BCUT2D eigenvalue weighted by Gasteiger charge is -2.47. The molecule has 0 aliphatic rings. The Balaban J connectivity index is 1.88. The molecule has 0 saturated carbocycles. The van der Waals surface area contributed by atoms with E-state index in [2.05, 4.69) is 164 Å². The molecule has 0 fully saturated rings. The lowest BCUT2D eigenvalue weighted by molar-refractivity contribution is -0.0194. The summed E-state index contributed by atoms with van der Waals surface area (Å²) in [5.74, 6) is 0. The van der Waals surface area contributed by atoms with E-state index in [9.17, 15) is 10.2 Å². The molecule has 50 heavy (non-hydrogen) atoms. The fraction of sp³-hybridized carbons (Fsp3) is 0.395. The lowest BCUT2D eigenvalue weighted by Crippen LogP contribution is -2.69. The number of hydrogen-bond acceptors (Lipinski definition) is 4. The molecular formula is C43H60O4Si3. The minimum atomic E-state index is -3.10. The highest BCUT2D eigenvalue weighted by molar-refractivity contribution is 7.00. The zero-order valence-electron chi connectivity index (χ0n) is 32.0. The Hall–Kier alpha value is -2.89. The Morgan fingerprint density at radius 2 is 0.940 bits per heavy atom. The van der Waals surface area contributed by atoms with E-state index in [-0.39, 0.29) is 23.1 Å². The highest BCUT2D eigenvalue weighted by Crippen LogP contribution is 2.40. The first-order chi connectivity index (χ1) is 23.5. The van der Waals surface area contributed by atoms with Crippen LogP contribution >= 0.6 is 0 Å². The molecule has 0 aliphatic heterocycles. The Labute approximate surface area is 305 Å². The topological polar surface area (TPSA) is 58.9 Å². The first-order valence-electron chi connectivity index (χ1n) is 18.1. The van der Waals surface area contributed by atoms with Gasteiger partial charge in [-0.25, -0.2) is 0 Å². The van der Waals surface area contributed by atoms with Gasteiger partial charge in [0.1, 0.15) is 6.10 Å². The smallest absolute Gasteiger partial charge is 0.261 e. The van der Waals surface area contributed by atoms with Gasteiger partial charge in [0.15, 0.2) is 0 Å². The summed E-state index contributed by atoms with van der Waals surface area (Å²) >= 11 is 0. The van der Waals surface area contributed by atoms with Gasteiger partial charge in [0.05, 0.1) is 26.9 Å². The largest absolute Gasteiger partial charge is 0.405 e. The Bertz CT molecular complexity index is 1560. The summed E-state index contributed by atoms with van der Waals surface area (Å²) in [6, 6.07) is 42.1. The van der Waals surface area contributed by atoms with Crippen LogP contribution in [-0.4, -0.2) is 59.8 Å². The molecule has 4 rings (SSSR count). The highest BCUT2D eigenvalue weighted by atomic mass is 28.4. The summed E-state index contributed by atoms with van der Waals surface area (Å²) in [7, 11) is -7.92. The van der Waals surface area contributed by atoms with Gasteiger partial charge in [0, 0.05) is 6.42 Å². The molecule has 0 aromatic heterocycles. The summed E-state index contributed by atoms with van der Waals surface area (Å²) in [6.07, 6.45) is -0.132. The number of aliphatic hydroxyl groups is 2. The quantitative estimate of drug-likeness (QED) is 0.133. The van der Waals surface area contributed by atoms with Gasteiger partial charge in [0.2, 0.25) is 0 Å². The molecule has 0 heterocycles. The van der Waals surface area contributed by atoms with Gasteiger partial charge < -0.3 is 19.1 Å². The van der Waals surface area contributed by atoms with Crippen LogP contribution in [0.1, 0.15) is 54.9 Å². The molecule has 0 bridgehead atoms. The van der Waals surface area contributed by atoms with Crippen molar-refractivity contribution in [1.82, 2.24) is 0 Å². The zero-order valence-corrected chi connectivity index (χ0v) is 35.0. The second-order valence-corrected chi connectivity index (χ2v) is 30.2. The van der Waals surface area contributed by atoms with Crippen LogP contribution in [0.4, 0.5) is 0 Å². The van der Waals surface area contributed by atoms with Gasteiger partial charge in [-0.15, -0.1) is 0 Å². The summed E-state index contributed by atoms with van der Waals surface area (Å²) in [5, 5.41) is 29.6. The molecular weight excluding hydrogens is 665 g/mol. The van der Waals surface area contributed by atoms with Gasteiger partial charge in [-0.2, -0.15) is 0 Å². The normalized spacial score (nSPS) is 15.4.